The third kappa shape index (κ3) is 2.92. The maximum Gasteiger partial charge on any atom is 0.214 e. The fourth-order valence-corrected chi connectivity index (χ4v) is 4.07. The lowest BCUT2D eigenvalue weighted by atomic mass is 9.91. The zero-order valence-corrected chi connectivity index (χ0v) is 10.7. The minimum atomic E-state index is -3.12. The first-order valence-corrected chi connectivity index (χ1v) is 7.16. The summed E-state index contributed by atoms with van der Waals surface area (Å²) in [5.74, 6) is 0.225. The van der Waals surface area contributed by atoms with Crippen LogP contribution in [0.5, 0.6) is 0 Å². The van der Waals surface area contributed by atoms with E-state index in [9.17, 15) is 8.42 Å². The maximum absolute atomic E-state index is 12.0. The molecule has 0 aromatic heterocycles. The minimum Gasteiger partial charge on any atom is -0.327 e. The summed E-state index contributed by atoms with van der Waals surface area (Å²) in [6.45, 7) is 6.31. The molecule has 1 aliphatic heterocycles. The molecular formula is C10H22N2O2S. The number of nitrogens with zero attached hydrogens (tertiary/aromatic N) is 1. The van der Waals surface area contributed by atoms with E-state index in [0.29, 0.717) is 13.0 Å². The number of hydrogen-bond donors (Lipinski definition) is 1. The van der Waals surface area contributed by atoms with Gasteiger partial charge in [0.2, 0.25) is 10.0 Å². The number of sulfonamides is 1. The molecule has 1 unspecified atom stereocenters. The predicted octanol–water partition coefficient (Wildman–Crippen LogP) is 0.928. The lowest BCUT2D eigenvalue weighted by Gasteiger charge is -2.43. The fourth-order valence-electron chi connectivity index (χ4n) is 2.07. The normalized spacial score (nSPS) is 27.9. The van der Waals surface area contributed by atoms with Crippen molar-refractivity contribution in [3.05, 3.63) is 0 Å². The van der Waals surface area contributed by atoms with E-state index in [1.54, 1.807) is 4.31 Å². The van der Waals surface area contributed by atoms with Crippen LogP contribution in [0.25, 0.3) is 0 Å². The van der Waals surface area contributed by atoms with Crippen molar-refractivity contribution >= 4 is 10.0 Å². The summed E-state index contributed by atoms with van der Waals surface area (Å²) in [5.41, 5.74) is 5.56. The Bertz CT molecular complexity index is 311. The number of nitrogens with two attached hydrogens (primary N) is 1. The van der Waals surface area contributed by atoms with E-state index in [0.717, 1.165) is 12.8 Å². The second-order valence-corrected chi connectivity index (χ2v) is 6.97. The molecule has 2 N–H and O–H groups in total. The van der Waals surface area contributed by atoms with Crippen LogP contribution in [0.2, 0.25) is 0 Å². The average Bonchev–Trinajstić information content (AvgIpc) is 2.09. The lowest BCUT2D eigenvalue weighted by Crippen LogP contribution is -2.57. The van der Waals surface area contributed by atoms with Gasteiger partial charge >= 0.3 is 0 Å². The summed E-state index contributed by atoms with van der Waals surface area (Å²) in [6, 6.07) is -0.00958. The monoisotopic (exact) mass is 234 g/mol. The second kappa shape index (κ2) is 4.39. The summed E-state index contributed by atoms with van der Waals surface area (Å²) in [5, 5.41) is 0. The van der Waals surface area contributed by atoms with Gasteiger partial charge in [0.1, 0.15) is 0 Å². The van der Waals surface area contributed by atoms with E-state index in [1.165, 1.54) is 0 Å². The van der Waals surface area contributed by atoms with Crippen molar-refractivity contribution in [2.75, 3.05) is 12.3 Å². The van der Waals surface area contributed by atoms with Gasteiger partial charge in [0, 0.05) is 18.1 Å². The number of rotatable bonds is 3. The Labute approximate surface area is 92.9 Å². The van der Waals surface area contributed by atoms with E-state index >= 15 is 0 Å². The molecule has 1 saturated heterocycles. The molecule has 1 heterocycles. The lowest BCUT2D eigenvalue weighted by molar-refractivity contribution is 0.155. The highest BCUT2D eigenvalue weighted by molar-refractivity contribution is 7.89. The van der Waals surface area contributed by atoms with Gasteiger partial charge in [-0.2, -0.15) is 4.31 Å². The summed E-state index contributed by atoms with van der Waals surface area (Å²) < 4.78 is 25.6. The molecule has 1 rings (SSSR count). The van der Waals surface area contributed by atoms with Crippen molar-refractivity contribution in [1.29, 1.82) is 0 Å². The molecule has 1 atom stereocenters. The molecule has 0 aromatic carbocycles. The van der Waals surface area contributed by atoms with E-state index in [-0.39, 0.29) is 17.3 Å². The highest BCUT2D eigenvalue weighted by Gasteiger charge is 2.39. The van der Waals surface area contributed by atoms with E-state index < -0.39 is 10.0 Å². The largest absolute Gasteiger partial charge is 0.327 e. The Balaban J connectivity index is 2.90. The molecule has 90 valence electrons. The van der Waals surface area contributed by atoms with Gasteiger partial charge in [-0.05, 0) is 33.1 Å². The molecular weight excluding hydrogens is 212 g/mol. The third-order valence-corrected chi connectivity index (χ3v) is 5.24. The zero-order chi connectivity index (χ0) is 11.7. The molecule has 0 radical (unpaired) electrons. The standard InChI is InChI=1S/C10H22N2O2S/c1-4-7-15(13,14)12-8-9(11)5-6-10(12,2)3/h9H,4-8,11H2,1-3H3. The topological polar surface area (TPSA) is 63.4 Å². The number of piperidine rings is 1. The van der Waals surface area contributed by atoms with Gasteiger partial charge in [-0.15, -0.1) is 0 Å². The molecule has 1 fully saturated rings. The van der Waals surface area contributed by atoms with Crippen LogP contribution in [0.15, 0.2) is 0 Å². The van der Waals surface area contributed by atoms with Crippen LogP contribution >= 0.6 is 0 Å². The molecule has 0 saturated carbocycles. The Hall–Kier alpha value is -0.130. The molecule has 1 aliphatic rings. The Morgan fingerprint density at radius 3 is 2.60 bits per heavy atom. The van der Waals surface area contributed by atoms with Crippen LogP contribution in [-0.2, 0) is 10.0 Å². The second-order valence-electron chi connectivity index (χ2n) is 4.96. The van der Waals surface area contributed by atoms with Crippen molar-refractivity contribution in [3.63, 3.8) is 0 Å². The van der Waals surface area contributed by atoms with Crippen LogP contribution in [-0.4, -0.2) is 36.6 Å². The Morgan fingerprint density at radius 2 is 2.07 bits per heavy atom. The molecule has 4 nitrogen and oxygen atoms in total. The van der Waals surface area contributed by atoms with Gasteiger partial charge in [-0.1, -0.05) is 6.92 Å². The van der Waals surface area contributed by atoms with Gasteiger partial charge in [0.15, 0.2) is 0 Å². The van der Waals surface area contributed by atoms with Crippen molar-refractivity contribution in [2.24, 2.45) is 5.73 Å². The summed E-state index contributed by atoms with van der Waals surface area (Å²) in [6.07, 6.45) is 2.41. The molecule has 0 bridgehead atoms. The van der Waals surface area contributed by atoms with Crippen molar-refractivity contribution in [3.8, 4) is 0 Å². The maximum atomic E-state index is 12.0. The van der Waals surface area contributed by atoms with Crippen LogP contribution in [0.4, 0.5) is 0 Å². The van der Waals surface area contributed by atoms with Crippen LogP contribution in [0, 0.1) is 0 Å². The van der Waals surface area contributed by atoms with Crippen LogP contribution in [0.1, 0.15) is 40.0 Å². The molecule has 0 spiro atoms. The van der Waals surface area contributed by atoms with E-state index in [2.05, 4.69) is 0 Å². The van der Waals surface area contributed by atoms with Gasteiger partial charge in [-0.25, -0.2) is 8.42 Å². The summed E-state index contributed by atoms with van der Waals surface area (Å²) in [4.78, 5) is 0. The molecule has 15 heavy (non-hydrogen) atoms. The molecule has 0 aromatic rings. The zero-order valence-electron chi connectivity index (χ0n) is 9.86. The van der Waals surface area contributed by atoms with Crippen molar-refractivity contribution in [1.82, 2.24) is 4.31 Å². The first-order chi connectivity index (χ1) is 6.79. The fraction of sp³-hybridized carbons (Fsp3) is 1.00. The first-order valence-electron chi connectivity index (χ1n) is 5.55. The highest BCUT2D eigenvalue weighted by Crippen LogP contribution is 2.29. The van der Waals surface area contributed by atoms with Gasteiger partial charge < -0.3 is 5.73 Å². The average molecular weight is 234 g/mol. The molecule has 0 aliphatic carbocycles. The molecule has 0 amide bonds. The quantitative estimate of drug-likeness (QED) is 0.790. The van der Waals surface area contributed by atoms with Gasteiger partial charge in [-0.3, -0.25) is 0 Å². The number of hydrogen-bond acceptors (Lipinski definition) is 3. The SMILES string of the molecule is CCCS(=O)(=O)N1CC(N)CCC1(C)C. The van der Waals surface area contributed by atoms with Crippen LogP contribution in [0.3, 0.4) is 0 Å². The third-order valence-electron chi connectivity index (χ3n) is 3.00. The van der Waals surface area contributed by atoms with Crippen molar-refractivity contribution < 1.29 is 8.42 Å². The van der Waals surface area contributed by atoms with E-state index in [4.69, 9.17) is 5.73 Å². The van der Waals surface area contributed by atoms with Gasteiger partial charge in [0.05, 0.1) is 5.75 Å². The predicted molar refractivity (Wildman–Crippen MR) is 62.1 cm³/mol. The van der Waals surface area contributed by atoms with Crippen LogP contribution < -0.4 is 5.73 Å². The van der Waals surface area contributed by atoms with Gasteiger partial charge in [0.25, 0.3) is 0 Å². The Morgan fingerprint density at radius 1 is 1.47 bits per heavy atom. The molecule has 5 heteroatoms. The minimum absolute atomic E-state index is 0.00958. The highest BCUT2D eigenvalue weighted by atomic mass is 32.2. The summed E-state index contributed by atoms with van der Waals surface area (Å²) >= 11 is 0. The summed E-state index contributed by atoms with van der Waals surface area (Å²) in [7, 11) is -3.12. The van der Waals surface area contributed by atoms with E-state index in [1.807, 2.05) is 20.8 Å². The smallest absolute Gasteiger partial charge is 0.214 e. The first kappa shape index (κ1) is 12.9. The van der Waals surface area contributed by atoms with Crippen molar-refractivity contribution in [2.45, 2.75) is 51.6 Å². The Kier molecular flexibility index (Phi) is 3.79.